The third-order valence-corrected chi connectivity index (χ3v) is 2.46. The van der Waals surface area contributed by atoms with Gasteiger partial charge in [0, 0.05) is 32.1 Å². The third-order valence-electron chi connectivity index (χ3n) is 2.46. The molecule has 6 heteroatoms. The summed E-state index contributed by atoms with van der Waals surface area (Å²) in [5, 5.41) is 8.75. The van der Waals surface area contributed by atoms with E-state index in [1.54, 1.807) is 23.5 Å². The molecule has 0 atom stereocenters. The number of imidazole rings is 1. The molecule has 1 N–H and O–H groups in total. The average molecular weight is 211 g/mol. The summed E-state index contributed by atoms with van der Waals surface area (Å²) in [4.78, 5) is 21.5. The summed E-state index contributed by atoms with van der Waals surface area (Å²) in [5.41, 5.74) is 0. The highest BCUT2D eigenvalue weighted by atomic mass is 16.7. The van der Waals surface area contributed by atoms with Crippen LogP contribution in [0, 0.1) is 0 Å². The molecule has 0 aromatic carbocycles. The largest absolute Gasteiger partial charge is 0.465 e. The van der Waals surface area contributed by atoms with Gasteiger partial charge in [-0.2, -0.15) is 4.73 Å². The molecule has 1 aliphatic rings. The van der Waals surface area contributed by atoms with Crippen molar-refractivity contribution in [3.63, 3.8) is 0 Å². The highest BCUT2D eigenvalue weighted by Crippen LogP contribution is 2.11. The fraction of sp³-hybridized carbons (Fsp3) is 0.556. The molecular weight excluding hydrogens is 198 g/mol. The normalized spacial score (nSPS) is 17.7. The van der Waals surface area contributed by atoms with Crippen molar-refractivity contribution < 1.29 is 14.7 Å². The zero-order valence-electron chi connectivity index (χ0n) is 8.24. The van der Waals surface area contributed by atoms with Crippen molar-refractivity contribution in [2.75, 3.05) is 13.1 Å². The minimum absolute atomic E-state index is 0.0785. The van der Waals surface area contributed by atoms with Crippen molar-refractivity contribution in [2.24, 2.45) is 0 Å². The van der Waals surface area contributed by atoms with Crippen molar-refractivity contribution in [1.82, 2.24) is 14.6 Å². The first-order chi connectivity index (χ1) is 7.25. The molecule has 2 rings (SSSR count). The molecule has 82 valence electrons. The molecule has 0 saturated carbocycles. The number of hydrogen-bond donors (Lipinski definition) is 1. The molecule has 0 aliphatic carbocycles. The van der Waals surface area contributed by atoms with Gasteiger partial charge < -0.3 is 14.8 Å². The number of carbonyl (C=O) groups is 1. The molecule has 1 aromatic heterocycles. The van der Waals surface area contributed by atoms with Crippen LogP contribution in [0.5, 0.6) is 0 Å². The van der Waals surface area contributed by atoms with E-state index in [0.717, 1.165) is 12.8 Å². The van der Waals surface area contributed by atoms with E-state index in [-0.39, 0.29) is 6.10 Å². The van der Waals surface area contributed by atoms with Crippen LogP contribution in [-0.4, -0.2) is 45.0 Å². The van der Waals surface area contributed by atoms with Gasteiger partial charge in [0.05, 0.1) is 6.20 Å². The van der Waals surface area contributed by atoms with Gasteiger partial charge in [0.25, 0.3) is 0 Å². The summed E-state index contributed by atoms with van der Waals surface area (Å²) in [7, 11) is 0. The Labute approximate surface area is 87.0 Å². The number of piperidine rings is 1. The van der Waals surface area contributed by atoms with Gasteiger partial charge in [0.15, 0.2) is 0 Å². The number of likely N-dealkylation sites (tertiary alicyclic amines) is 1. The summed E-state index contributed by atoms with van der Waals surface area (Å²) in [6, 6.07) is 0. The van der Waals surface area contributed by atoms with E-state index >= 15 is 0 Å². The number of aromatic nitrogens is 2. The lowest BCUT2D eigenvalue weighted by Gasteiger charge is -2.29. The molecule has 15 heavy (non-hydrogen) atoms. The SMILES string of the molecule is O=C(O)N1CCC(On2ccnc2)CC1. The maximum Gasteiger partial charge on any atom is 0.407 e. The standard InChI is InChI=1S/C9H13N3O3/c13-9(14)11-4-1-8(2-5-11)15-12-6-3-10-7-12/h3,6-8H,1-2,4-5H2,(H,13,14). The minimum Gasteiger partial charge on any atom is -0.465 e. The monoisotopic (exact) mass is 211 g/mol. The Morgan fingerprint density at radius 1 is 1.47 bits per heavy atom. The molecule has 0 spiro atoms. The Morgan fingerprint density at radius 2 is 2.20 bits per heavy atom. The molecule has 2 heterocycles. The minimum atomic E-state index is -0.851. The fourth-order valence-corrected chi connectivity index (χ4v) is 1.63. The van der Waals surface area contributed by atoms with Crippen molar-refractivity contribution in [3.8, 4) is 0 Å². The van der Waals surface area contributed by atoms with E-state index in [9.17, 15) is 4.79 Å². The van der Waals surface area contributed by atoms with E-state index in [2.05, 4.69) is 4.98 Å². The van der Waals surface area contributed by atoms with Gasteiger partial charge in [-0.05, 0) is 0 Å². The topological polar surface area (TPSA) is 67.6 Å². The first-order valence-electron chi connectivity index (χ1n) is 4.88. The number of carboxylic acid groups (broad SMARTS) is 1. The zero-order valence-corrected chi connectivity index (χ0v) is 8.24. The Morgan fingerprint density at radius 3 is 2.73 bits per heavy atom. The third kappa shape index (κ3) is 2.39. The summed E-state index contributed by atoms with van der Waals surface area (Å²) >= 11 is 0. The van der Waals surface area contributed by atoms with Crippen LogP contribution in [0.25, 0.3) is 0 Å². The summed E-state index contributed by atoms with van der Waals surface area (Å²) in [6.45, 7) is 1.07. The lowest BCUT2D eigenvalue weighted by molar-refractivity contribution is -0.000709. The van der Waals surface area contributed by atoms with E-state index in [1.807, 2.05) is 0 Å². The second-order valence-electron chi connectivity index (χ2n) is 3.50. The van der Waals surface area contributed by atoms with E-state index in [1.165, 1.54) is 4.90 Å². The zero-order chi connectivity index (χ0) is 10.7. The second kappa shape index (κ2) is 4.20. The molecule has 0 radical (unpaired) electrons. The molecular formula is C9H13N3O3. The van der Waals surface area contributed by atoms with Crippen molar-refractivity contribution in [2.45, 2.75) is 18.9 Å². The van der Waals surface area contributed by atoms with Crippen LogP contribution in [0.15, 0.2) is 18.7 Å². The Kier molecular flexibility index (Phi) is 2.75. The number of amides is 1. The predicted molar refractivity (Wildman–Crippen MR) is 51.4 cm³/mol. The van der Waals surface area contributed by atoms with Crippen LogP contribution >= 0.6 is 0 Å². The van der Waals surface area contributed by atoms with Gasteiger partial charge in [-0.15, -0.1) is 0 Å². The second-order valence-corrected chi connectivity index (χ2v) is 3.50. The van der Waals surface area contributed by atoms with E-state index in [0.29, 0.717) is 13.1 Å². The molecule has 1 saturated heterocycles. The van der Waals surface area contributed by atoms with Crippen LogP contribution in [0.3, 0.4) is 0 Å². The Hall–Kier alpha value is -1.72. The molecule has 1 amide bonds. The molecule has 0 bridgehead atoms. The van der Waals surface area contributed by atoms with Gasteiger partial charge in [0.1, 0.15) is 12.4 Å². The molecule has 1 aromatic rings. The maximum atomic E-state index is 10.6. The summed E-state index contributed by atoms with van der Waals surface area (Å²) in [5.74, 6) is 0. The average Bonchev–Trinajstić information content (AvgIpc) is 2.71. The van der Waals surface area contributed by atoms with Gasteiger partial charge >= 0.3 is 6.09 Å². The van der Waals surface area contributed by atoms with Gasteiger partial charge in [-0.1, -0.05) is 0 Å². The van der Waals surface area contributed by atoms with Crippen molar-refractivity contribution >= 4 is 6.09 Å². The van der Waals surface area contributed by atoms with Crippen LogP contribution in [0.2, 0.25) is 0 Å². The molecule has 6 nitrogen and oxygen atoms in total. The predicted octanol–water partition coefficient (Wildman–Crippen LogP) is 0.454. The first kappa shape index (κ1) is 9.82. The lowest BCUT2D eigenvalue weighted by atomic mass is 10.1. The van der Waals surface area contributed by atoms with Crippen LogP contribution in [-0.2, 0) is 0 Å². The molecule has 0 unspecified atom stereocenters. The first-order valence-corrected chi connectivity index (χ1v) is 4.88. The van der Waals surface area contributed by atoms with Gasteiger partial charge in [-0.3, -0.25) is 0 Å². The highest BCUT2D eigenvalue weighted by molar-refractivity contribution is 5.64. The van der Waals surface area contributed by atoms with Crippen LogP contribution in [0.1, 0.15) is 12.8 Å². The Balaban J connectivity index is 1.81. The highest BCUT2D eigenvalue weighted by Gasteiger charge is 2.23. The summed E-state index contributed by atoms with van der Waals surface area (Å²) in [6.07, 6.45) is 5.64. The maximum absolute atomic E-state index is 10.6. The molecule has 1 aliphatic heterocycles. The quantitative estimate of drug-likeness (QED) is 0.771. The van der Waals surface area contributed by atoms with E-state index < -0.39 is 6.09 Å². The smallest absolute Gasteiger partial charge is 0.407 e. The van der Waals surface area contributed by atoms with E-state index in [4.69, 9.17) is 9.94 Å². The number of hydrogen-bond acceptors (Lipinski definition) is 3. The fourth-order valence-electron chi connectivity index (χ4n) is 1.63. The van der Waals surface area contributed by atoms with Crippen molar-refractivity contribution in [1.29, 1.82) is 0 Å². The Bertz CT molecular complexity index is 317. The van der Waals surface area contributed by atoms with Gasteiger partial charge in [-0.25, -0.2) is 9.78 Å². The van der Waals surface area contributed by atoms with Crippen LogP contribution < -0.4 is 4.84 Å². The number of nitrogens with zero attached hydrogens (tertiary/aromatic N) is 3. The summed E-state index contributed by atoms with van der Waals surface area (Å²) < 4.78 is 1.56. The lowest BCUT2D eigenvalue weighted by Crippen LogP contribution is -2.42. The number of rotatable bonds is 2. The van der Waals surface area contributed by atoms with Crippen LogP contribution in [0.4, 0.5) is 4.79 Å². The molecule has 1 fully saturated rings. The van der Waals surface area contributed by atoms with Crippen molar-refractivity contribution in [3.05, 3.63) is 18.7 Å². The van der Waals surface area contributed by atoms with Gasteiger partial charge in [0.2, 0.25) is 0 Å².